The molecule has 5 nitrogen and oxygen atoms in total. The third kappa shape index (κ3) is 3.90. The molecule has 0 radical (unpaired) electrons. The van der Waals surface area contributed by atoms with Crippen LogP contribution in [-0.4, -0.2) is 36.7 Å². The molecule has 2 aromatic carbocycles. The molecule has 28 heavy (non-hydrogen) atoms. The van der Waals surface area contributed by atoms with Crippen LogP contribution in [0.5, 0.6) is 5.75 Å². The van der Waals surface area contributed by atoms with Crippen molar-refractivity contribution in [3.05, 3.63) is 71.8 Å². The fourth-order valence-corrected chi connectivity index (χ4v) is 3.73. The fourth-order valence-electron chi connectivity index (χ4n) is 3.73. The van der Waals surface area contributed by atoms with Crippen LogP contribution in [0.2, 0.25) is 0 Å². The quantitative estimate of drug-likeness (QED) is 0.758. The highest BCUT2D eigenvalue weighted by Gasteiger charge is 2.35. The van der Waals surface area contributed by atoms with Gasteiger partial charge in [0.05, 0.1) is 11.7 Å². The number of hydrogen-bond acceptors (Lipinski definition) is 4. The van der Waals surface area contributed by atoms with E-state index in [1.807, 2.05) is 60.4 Å². The lowest BCUT2D eigenvalue weighted by Gasteiger charge is -2.39. The van der Waals surface area contributed by atoms with Crippen LogP contribution in [0.4, 0.5) is 5.69 Å². The number of ether oxygens (including phenoxy) is 2. The van der Waals surface area contributed by atoms with Crippen molar-refractivity contribution in [1.29, 1.82) is 0 Å². The van der Waals surface area contributed by atoms with E-state index in [2.05, 4.69) is 11.9 Å². The number of benzene rings is 2. The van der Waals surface area contributed by atoms with Crippen LogP contribution < -0.4 is 10.1 Å². The lowest BCUT2D eigenvalue weighted by Crippen LogP contribution is -2.46. The predicted molar refractivity (Wildman–Crippen MR) is 110 cm³/mol. The number of fused-ring (bicyclic) bond motifs is 1. The van der Waals surface area contributed by atoms with E-state index in [0.717, 1.165) is 42.0 Å². The first kappa shape index (κ1) is 18.6. The zero-order valence-corrected chi connectivity index (χ0v) is 16.2. The van der Waals surface area contributed by atoms with Gasteiger partial charge in [0, 0.05) is 18.8 Å². The molecule has 5 heteroatoms. The molecule has 2 aliphatic rings. The Hall–Kier alpha value is -2.79. The number of rotatable bonds is 6. The third-order valence-electron chi connectivity index (χ3n) is 5.11. The standard InChI is InChI=1S/C23H26N2O3/c1-16(2)15-28-18-8-5-7-17(13-18)22-24-21-11-4-3-10-20(21)23(26)25(22)14-19-9-6-12-27-19/h3-5,7-8,10-11,13,19,22,24H,1,6,9,12,14-15H2,2H3. The summed E-state index contributed by atoms with van der Waals surface area (Å²) in [4.78, 5) is 15.2. The van der Waals surface area contributed by atoms with E-state index in [4.69, 9.17) is 9.47 Å². The van der Waals surface area contributed by atoms with E-state index < -0.39 is 0 Å². The highest BCUT2D eigenvalue weighted by Crippen LogP contribution is 2.35. The molecule has 1 fully saturated rings. The van der Waals surface area contributed by atoms with Gasteiger partial charge < -0.3 is 19.7 Å². The SMILES string of the molecule is C=C(C)COc1cccc(C2Nc3ccccc3C(=O)N2CC2CCCO2)c1. The van der Waals surface area contributed by atoms with Gasteiger partial charge in [0.2, 0.25) is 0 Å². The van der Waals surface area contributed by atoms with Gasteiger partial charge in [-0.05, 0) is 55.2 Å². The van der Waals surface area contributed by atoms with E-state index >= 15 is 0 Å². The van der Waals surface area contributed by atoms with Crippen LogP contribution >= 0.6 is 0 Å². The van der Waals surface area contributed by atoms with Gasteiger partial charge in [-0.25, -0.2) is 0 Å². The Balaban J connectivity index is 1.65. The molecule has 0 spiro atoms. The summed E-state index contributed by atoms with van der Waals surface area (Å²) in [6.07, 6.45) is 1.85. The molecule has 2 unspecified atom stereocenters. The molecule has 0 saturated carbocycles. The Kier molecular flexibility index (Phi) is 5.35. The summed E-state index contributed by atoms with van der Waals surface area (Å²) in [6.45, 7) is 7.63. The predicted octanol–water partition coefficient (Wildman–Crippen LogP) is 4.39. The van der Waals surface area contributed by atoms with Crippen molar-refractivity contribution in [2.24, 2.45) is 0 Å². The van der Waals surface area contributed by atoms with Gasteiger partial charge in [-0.2, -0.15) is 0 Å². The lowest BCUT2D eigenvalue weighted by atomic mass is 10.0. The van der Waals surface area contributed by atoms with Crippen molar-refractivity contribution in [2.75, 3.05) is 25.1 Å². The second kappa shape index (κ2) is 8.07. The molecule has 0 aromatic heterocycles. The Bertz CT molecular complexity index is 874. The van der Waals surface area contributed by atoms with Crippen LogP contribution in [0.25, 0.3) is 0 Å². The second-order valence-corrected chi connectivity index (χ2v) is 7.50. The number of nitrogens with zero attached hydrogens (tertiary/aromatic N) is 1. The van der Waals surface area contributed by atoms with Crippen LogP contribution in [-0.2, 0) is 4.74 Å². The number of carbonyl (C=O) groups excluding carboxylic acids is 1. The summed E-state index contributed by atoms with van der Waals surface area (Å²) >= 11 is 0. The Morgan fingerprint density at radius 2 is 2.14 bits per heavy atom. The monoisotopic (exact) mass is 378 g/mol. The molecule has 4 rings (SSSR count). The average molecular weight is 378 g/mol. The maximum absolute atomic E-state index is 13.3. The van der Waals surface area contributed by atoms with Gasteiger partial charge >= 0.3 is 0 Å². The Morgan fingerprint density at radius 3 is 2.93 bits per heavy atom. The molecular weight excluding hydrogens is 352 g/mol. The van der Waals surface area contributed by atoms with Crippen molar-refractivity contribution >= 4 is 11.6 Å². The van der Waals surface area contributed by atoms with E-state index in [0.29, 0.717) is 18.7 Å². The maximum Gasteiger partial charge on any atom is 0.257 e. The number of para-hydroxylation sites is 1. The summed E-state index contributed by atoms with van der Waals surface area (Å²) in [5.41, 5.74) is 3.51. The van der Waals surface area contributed by atoms with Crippen molar-refractivity contribution in [1.82, 2.24) is 4.90 Å². The van der Waals surface area contributed by atoms with Gasteiger partial charge in [-0.1, -0.05) is 30.8 Å². The average Bonchev–Trinajstić information content (AvgIpc) is 3.22. The molecule has 0 aliphatic carbocycles. The van der Waals surface area contributed by atoms with Gasteiger partial charge in [0.25, 0.3) is 5.91 Å². The van der Waals surface area contributed by atoms with Gasteiger partial charge in [0.1, 0.15) is 18.5 Å². The van der Waals surface area contributed by atoms with Crippen molar-refractivity contribution in [2.45, 2.75) is 32.0 Å². The zero-order valence-electron chi connectivity index (χ0n) is 16.2. The van der Waals surface area contributed by atoms with Crippen molar-refractivity contribution in [3.63, 3.8) is 0 Å². The Morgan fingerprint density at radius 1 is 1.29 bits per heavy atom. The van der Waals surface area contributed by atoms with Crippen LogP contribution in [0.15, 0.2) is 60.7 Å². The fraction of sp³-hybridized carbons (Fsp3) is 0.348. The largest absolute Gasteiger partial charge is 0.489 e. The Labute approximate surface area is 165 Å². The summed E-state index contributed by atoms with van der Waals surface area (Å²) < 4.78 is 11.6. The first-order valence-electron chi connectivity index (χ1n) is 9.77. The number of amides is 1. The van der Waals surface area contributed by atoms with Crippen LogP contribution in [0, 0.1) is 0 Å². The summed E-state index contributed by atoms with van der Waals surface area (Å²) in [5.74, 6) is 0.800. The number of nitrogens with one attached hydrogen (secondary N) is 1. The van der Waals surface area contributed by atoms with E-state index in [-0.39, 0.29) is 18.2 Å². The van der Waals surface area contributed by atoms with E-state index in [1.54, 1.807) is 0 Å². The molecular formula is C23H26N2O3. The summed E-state index contributed by atoms with van der Waals surface area (Å²) in [5, 5.41) is 3.54. The molecule has 1 amide bonds. The van der Waals surface area contributed by atoms with Crippen molar-refractivity contribution in [3.8, 4) is 5.75 Å². The number of carbonyl (C=O) groups is 1. The number of anilines is 1. The minimum absolute atomic E-state index is 0.0307. The number of hydrogen-bond donors (Lipinski definition) is 1. The van der Waals surface area contributed by atoms with Gasteiger partial charge in [0.15, 0.2) is 0 Å². The van der Waals surface area contributed by atoms with Gasteiger partial charge in [-0.3, -0.25) is 4.79 Å². The molecule has 1 N–H and O–H groups in total. The molecule has 2 aromatic rings. The summed E-state index contributed by atoms with van der Waals surface area (Å²) in [7, 11) is 0. The molecule has 1 saturated heterocycles. The maximum atomic E-state index is 13.3. The van der Waals surface area contributed by atoms with E-state index in [1.165, 1.54) is 0 Å². The van der Waals surface area contributed by atoms with Crippen molar-refractivity contribution < 1.29 is 14.3 Å². The topological polar surface area (TPSA) is 50.8 Å². The lowest BCUT2D eigenvalue weighted by molar-refractivity contribution is 0.0426. The summed E-state index contributed by atoms with van der Waals surface area (Å²) in [6, 6.07) is 15.6. The highest BCUT2D eigenvalue weighted by atomic mass is 16.5. The third-order valence-corrected chi connectivity index (χ3v) is 5.11. The first-order chi connectivity index (χ1) is 13.6. The van der Waals surface area contributed by atoms with Crippen LogP contribution in [0.1, 0.15) is 41.9 Å². The second-order valence-electron chi connectivity index (χ2n) is 7.50. The van der Waals surface area contributed by atoms with Crippen LogP contribution in [0.3, 0.4) is 0 Å². The molecule has 2 aliphatic heterocycles. The zero-order chi connectivity index (χ0) is 19.5. The minimum atomic E-state index is -0.264. The first-order valence-corrected chi connectivity index (χ1v) is 9.77. The smallest absolute Gasteiger partial charge is 0.257 e. The minimum Gasteiger partial charge on any atom is -0.489 e. The molecule has 2 heterocycles. The molecule has 0 bridgehead atoms. The highest BCUT2D eigenvalue weighted by molar-refractivity contribution is 6.01. The normalized spacial score (nSPS) is 21.2. The van der Waals surface area contributed by atoms with E-state index in [9.17, 15) is 4.79 Å². The molecule has 2 atom stereocenters. The molecule has 146 valence electrons. The van der Waals surface area contributed by atoms with Gasteiger partial charge in [-0.15, -0.1) is 0 Å².